The van der Waals surface area contributed by atoms with Crippen LogP contribution in [-0.2, 0) is 0 Å². The summed E-state index contributed by atoms with van der Waals surface area (Å²) in [5.74, 6) is 6.98. The van der Waals surface area contributed by atoms with Crippen LogP contribution in [0.25, 0.3) is 0 Å². The van der Waals surface area contributed by atoms with Crippen LogP contribution < -0.4 is 0 Å². The second-order valence-electron chi connectivity index (χ2n) is 7.04. The summed E-state index contributed by atoms with van der Waals surface area (Å²) in [6.45, 7) is 8.72. The lowest BCUT2D eigenvalue weighted by atomic mass is 9.77. The summed E-state index contributed by atoms with van der Waals surface area (Å²) in [5.41, 5.74) is 0.822. The summed E-state index contributed by atoms with van der Waals surface area (Å²) in [4.78, 5) is 12.4. The molecule has 0 aliphatic heterocycles. The molecule has 0 saturated carbocycles. The maximum absolute atomic E-state index is 12.4. The predicted octanol–water partition coefficient (Wildman–Crippen LogP) is 5.90. The number of hydrogen-bond acceptors (Lipinski definition) is 1. The number of carbonyl (C=O) groups excluding carboxylic acids is 1. The van der Waals surface area contributed by atoms with E-state index in [4.69, 9.17) is 0 Å². The highest BCUT2D eigenvalue weighted by molar-refractivity contribution is 5.96. The molecule has 0 saturated heterocycles. The van der Waals surface area contributed by atoms with Crippen molar-refractivity contribution in [1.82, 2.24) is 0 Å². The van der Waals surface area contributed by atoms with E-state index in [1.807, 2.05) is 30.3 Å². The van der Waals surface area contributed by atoms with Gasteiger partial charge in [0.2, 0.25) is 0 Å². The average molecular weight is 298 g/mol. The standard InChI is InChI=1S/C21H30O/c1-5-6-7-8-9-13-16-19(21(2,3)4)17-20(22)18-14-11-10-12-15-18/h10-12,14-15,19H,5-9,17H2,1-4H3. The Balaban J connectivity index is 2.62. The maximum Gasteiger partial charge on any atom is 0.164 e. The molecule has 1 atom stereocenters. The maximum atomic E-state index is 12.4. The fourth-order valence-electron chi connectivity index (χ4n) is 2.34. The van der Waals surface area contributed by atoms with E-state index in [9.17, 15) is 4.79 Å². The molecule has 22 heavy (non-hydrogen) atoms. The predicted molar refractivity (Wildman–Crippen MR) is 94.9 cm³/mol. The van der Waals surface area contributed by atoms with E-state index in [-0.39, 0.29) is 17.1 Å². The lowest BCUT2D eigenvalue weighted by molar-refractivity contribution is 0.0944. The normalized spacial score (nSPS) is 12.4. The molecule has 0 N–H and O–H groups in total. The number of ketones is 1. The number of hydrogen-bond donors (Lipinski definition) is 0. The summed E-state index contributed by atoms with van der Waals surface area (Å²) in [6, 6.07) is 9.55. The van der Waals surface area contributed by atoms with Gasteiger partial charge in [-0.05, 0) is 11.8 Å². The zero-order chi connectivity index (χ0) is 16.4. The average Bonchev–Trinajstić information content (AvgIpc) is 2.49. The van der Waals surface area contributed by atoms with Crippen molar-refractivity contribution in [3.8, 4) is 11.8 Å². The van der Waals surface area contributed by atoms with Crippen molar-refractivity contribution in [2.75, 3.05) is 0 Å². The molecule has 1 nitrogen and oxygen atoms in total. The molecular formula is C21H30O. The molecule has 120 valence electrons. The minimum atomic E-state index is 0.0286. The first-order valence-electron chi connectivity index (χ1n) is 8.51. The third kappa shape index (κ3) is 6.94. The summed E-state index contributed by atoms with van der Waals surface area (Å²) >= 11 is 0. The van der Waals surface area contributed by atoms with Crippen LogP contribution in [0.2, 0.25) is 0 Å². The van der Waals surface area contributed by atoms with Crippen LogP contribution >= 0.6 is 0 Å². The Morgan fingerprint density at radius 2 is 1.77 bits per heavy atom. The Kier molecular flexibility index (Phi) is 7.96. The van der Waals surface area contributed by atoms with Crippen LogP contribution in [0.3, 0.4) is 0 Å². The molecule has 0 spiro atoms. The molecule has 1 aromatic rings. The van der Waals surface area contributed by atoms with Gasteiger partial charge in [-0.25, -0.2) is 0 Å². The van der Waals surface area contributed by atoms with Gasteiger partial charge in [0.25, 0.3) is 0 Å². The van der Waals surface area contributed by atoms with Crippen molar-refractivity contribution in [1.29, 1.82) is 0 Å². The number of carbonyl (C=O) groups is 1. The first kappa shape index (κ1) is 18.5. The highest BCUT2D eigenvalue weighted by Crippen LogP contribution is 2.29. The van der Waals surface area contributed by atoms with Gasteiger partial charge in [-0.1, -0.05) is 83.2 Å². The molecule has 1 unspecified atom stereocenters. The summed E-state index contributed by atoms with van der Waals surface area (Å²) in [6.07, 6.45) is 6.43. The highest BCUT2D eigenvalue weighted by atomic mass is 16.1. The van der Waals surface area contributed by atoms with Gasteiger partial charge in [-0.2, -0.15) is 0 Å². The van der Waals surface area contributed by atoms with Gasteiger partial charge in [-0.15, -0.1) is 5.92 Å². The Morgan fingerprint density at radius 3 is 2.36 bits per heavy atom. The Morgan fingerprint density at radius 1 is 1.09 bits per heavy atom. The van der Waals surface area contributed by atoms with Crippen molar-refractivity contribution in [3.05, 3.63) is 35.9 Å². The first-order chi connectivity index (χ1) is 10.4. The molecule has 0 aromatic heterocycles. The second-order valence-corrected chi connectivity index (χ2v) is 7.04. The third-order valence-corrected chi connectivity index (χ3v) is 3.96. The fraction of sp³-hybridized carbons (Fsp3) is 0.571. The lowest BCUT2D eigenvalue weighted by Crippen LogP contribution is -2.22. The van der Waals surface area contributed by atoms with E-state index in [1.54, 1.807) is 0 Å². The van der Waals surface area contributed by atoms with Crippen molar-refractivity contribution in [2.24, 2.45) is 11.3 Å². The lowest BCUT2D eigenvalue weighted by Gasteiger charge is -2.25. The van der Waals surface area contributed by atoms with Gasteiger partial charge in [0.05, 0.1) is 0 Å². The number of unbranched alkanes of at least 4 members (excludes halogenated alkanes) is 4. The van der Waals surface area contributed by atoms with E-state index in [0.717, 1.165) is 12.0 Å². The first-order valence-corrected chi connectivity index (χ1v) is 8.51. The molecule has 0 radical (unpaired) electrons. The fourth-order valence-corrected chi connectivity index (χ4v) is 2.34. The van der Waals surface area contributed by atoms with Crippen LogP contribution in [0.5, 0.6) is 0 Å². The zero-order valence-electron chi connectivity index (χ0n) is 14.6. The SMILES string of the molecule is CCCCCCC#CC(CC(=O)c1ccccc1)C(C)(C)C. The van der Waals surface area contributed by atoms with E-state index < -0.39 is 0 Å². The highest BCUT2D eigenvalue weighted by Gasteiger charge is 2.25. The van der Waals surface area contributed by atoms with Gasteiger partial charge < -0.3 is 0 Å². The van der Waals surface area contributed by atoms with E-state index in [2.05, 4.69) is 39.5 Å². The summed E-state index contributed by atoms with van der Waals surface area (Å²) in [7, 11) is 0. The van der Waals surface area contributed by atoms with Gasteiger partial charge in [-0.3, -0.25) is 4.79 Å². The number of Topliss-reactive ketones (excluding diaryl/α,β-unsaturated/α-hetero) is 1. The van der Waals surface area contributed by atoms with Crippen molar-refractivity contribution < 1.29 is 4.79 Å². The molecule has 0 aliphatic rings. The van der Waals surface area contributed by atoms with Crippen LogP contribution in [-0.4, -0.2) is 5.78 Å². The molecule has 0 fully saturated rings. The number of benzene rings is 1. The molecule has 0 aliphatic carbocycles. The summed E-state index contributed by atoms with van der Waals surface area (Å²) in [5, 5.41) is 0. The van der Waals surface area contributed by atoms with Crippen molar-refractivity contribution in [2.45, 2.75) is 66.2 Å². The topological polar surface area (TPSA) is 17.1 Å². The van der Waals surface area contributed by atoms with Gasteiger partial charge in [0.1, 0.15) is 0 Å². The molecule has 1 aromatic carbocycles. The van der Waals surface area contributed by atoms with Crippen LogP contribution in [0.1, 0.15) is 76.6 Å². The molecule has 0 heterocycles. The third-order valence-electron chi connectivity index (χ3n) is 3.96. The van der Waals surface area contributed by atoms with Crippen LogP contribution in [0.15, 0.2) is 30.3 Å². The molecule has 1 heteroatoms. The van der Waals surface area contributed by atoms with E-state index in [0.29, 0.717) is 6.42 Å². The van der Waals surface area contributed by atoms with E-state index in [1.165, 1.54) is 25.7 Å². The van der Waals surface area contributed by atoms with Gasteiger partial charge >= 0.3 is 0 Å². The summed E-state index contributed by atoms with van der Waals surface area (Å²) < 4.78 is 0. The van der Waals surface area contributed by atoms with Gasteiger partial charge in [0, 0.05) is 24.3 Å². The van der Waals surface area contributed by atoms with Gasteiger partial charge in [0.15, 0.2) is 5.78 Å². The molecule has 0 amide bonds. The van der Waals surface area contributed by atoms with E-state index >= 15 is 0 Å². The quantitative estimate of drug-likeness (QED) is 0.348. The van der Waals surface area contributed by atoms with Crippen molar-refractivity contribution >= 4 is 5.78 Å². The Hall–Kier alpha value is -1.55. The minimum absolute atomic E-state index is 0.0286. The monoisotopic (exact) mass is 298 g/mol. The largest absolute Gasteiger partial charge is 0.294 e. The Labute approximate surface area is 136 Å². The number of rotatable bonds is 7. The van der Waals surface area contributed by atoms with Crippen molar-refractivity contribution in [3.63, 3.8) is 0 Å². The Bertz CT molecular complexity index is 496. The van der Waals surface area contributed by atoms with Crippen LogP contribution in [0.4, 0.5) is 0 Å². The molecular weight excluding hydrogens is 268 g/mol. The minimum Gasteiger partial charge on any atom is -0.294 e. The van der Waals surface area contributed by atoms with Crippen LogP contribution in [0, 0.1) is 23.2 Å². The zero-order valence-corrected chi connectivity index (χ0v) is 14.6. The second kappa shape index (κ2) is 9.46. The smallest absolute Gasteiger partial charge is 0.164 e. The molecule has 1 rings (SSSR count). The molecule has 0 bridgehead atoms.